The lowest BCUT2D eigenvalue weighted by Crippen LogP contribution is -2.29. The molecule has 0 amide bonds. The quantitative estimate of drug-likeness (QED) is 0.925. The number of fused-ring (bicyclic) bond motifs is 1. The van der Waals surface area contributed by atoms with E-state index in [0.29, 0.717) is 16.8 Å². The zero-order valence-electron chi connectivity index (χ0n) is 13.5. The fourth-order valence-electron chi connectivity index (χ4n) is 3.35. The molecule has 0 atom stereocenters. The lowest BCUT2D eigenvalue weighted by atomic mass is 9.80. The highest BCUT2D eigenvalue weighted by Crippen LogP contribution is 2.33. The second-order valence-corrected chi connectivity index (χ2v) is 6.92. The van der Waals surface area contributed by atoms with Gasteiger partial charge in [0.05, 0.1) is 5.69 Å². The molecule has 1 fully saturated rings. The van der Waals surface area contributed by atoms with E-state index in [-0.39, 0.29) is 0 Å². The summed E-state index contributed by atoms with van der Waals surface area (Å²) in [4.78, 5) is 8.66. The third-order valence-corrected chi connectivity index (χ3v) is 5.23. The summed E-state index contributed by atoms with van der Waals surface area (Å²) in [5.41, 5.74) is 0.875. The smallest absolute Gasteiger partial charge is 0.254 e. The van der Waals surface area contributed by atoms with Gasteiger partial charge in [0.2, 0.25) is 0 Å². The van der Waals surface area contributed by atoms with Crippen molar-refractivity contribution < 1.29 is 0 Å². The number of aromatic nitrogens is 4. The van der Waals surface area contributed by atoms with Crippen LogP contribution in [0.1, 0.15) is 52.1 Å². The Morgan fingerprint density at radius 3 is 2.68 bits per heavy atom. The second-order valence-electron chi connectivity index (χ2n) is 6.55. The summed E-state index contributed by atoms with van der Waals surface area (Å²) in [5, 5.41) is 8.53. The number of hydrogen-bond donors (Lipinski definition) is 1. The third kappa shape index (κ3) is 2.91. The van der Waals surface area contributed by atoms with E-state index < -0.39 is 0 Å². The molecular formula is C16H24ClN5. The second kappa shape index (κ2) is 6.41. The van der Waals surface area contributed by atoms with Crippen molar-refractivity contribution in [2.45, 2.75) is 58.9 Å². The van der Waals surface area contributed by atoms with E-state index >= 15 is 0 Å². The Kier molecular flexibility index (Phi) is 4.52. The molecule has 2 aromatic heterocycles. The number of rotatable bonds is 4. The van der Waals surface area contributed by atoms with Crippen LogP contribution in [0.3, 0.4) is 0 Å². The maximum Gasteiger partial charge on any atom is 0.254 e. The van der Waals surface area contributed by atoms with Gasteiger partial charge in [0, 0.05) is 6.04 Å². The predicted octanol–water partition coefficient (Wildman–Crippen LogP) is 3.97. The van der Waals surface area contributed by atoms with Crippen LogP contribution in [0.4, 0.5) is 5.82 Å². The first-order chi connectivity index (χ1) is 10.6. The molecule has 1 N–H and O–H groups in total. The lowest BCUT2D eigenvalue weighted by molar-refractivity contribution is 0.266. The number of hydrogen-bond acceptors (Lipinski definition) is 4. The van der Waals surface area contributed by atoms with Gasteiger partial charge < -0.3 is 5.32 Å². The first-order valence-electron chi connectivity index (χ1n) is 8.24. The molecule has 2 heterocycles. The van der Waals surface area contributed by atoms with E-state index in [1.54, 1.807) is 4.52 Å². The Hall–Kier alpha value is -1.36. The van der Waals surface area contributed by atoms with Crippen molar-refractivity contribution in [2.75, 3.05) is 5.32 Å². The number of nitrogens with zero attached hydrogens (tertiary/aromatic N) is 4. The molecule has 0 spiro atoms. The van der Waals surface area contributed by atoms with Gasteiger partial charge in [-0.25, -0.2) is 4.98 Å². The fraction of sp³-hybridized carbons (Fsp3) is 0.688. The van der Waals surface area contributed by atoms with Crippen LogP contribution in [0, 0.1) is 11.8 Å². The summed E-state index contributed by atoms with van der Waals surface area (Å²) in [6.07, 6.45) is 7.23. The maximum absolute atomic E-state index is 6.53. The van der Waals surface area contributed by atoms with Gasteiger partial charge in [-0.05, 0) is 43.9 Å². The van der Waals surface area contributed by atoms with Crippen molar-refractivity contribution in [2.24, 2.45) is 11.8 Å². The van der Waals surface area contributed by atoms with Gasteiger partial charge in [-0.2, -0.15) is 14.6 Å². The first-order valence-corrected chi connectivity index (χ1v) is 8.62. The highest BCUT2D eigenvalue weighted by atomic mass is 35.5. The van der Waals surface area contributed by atoms with Crippen molar-refractivity contribution in [1.82, 2.24) is 19.6 Å². The number of anilines is 1. The standard InChI is InChI=1S/C16H24ClN5/c1-4-13-14(17)15(22-16(21-13)18-9-19-22)20-12-7-5-11(6-8-12)10(2)3/h9-12,20H,4-8H2,1-3H3. The van der Waals surface area contributed by atoms with E-state index in [2.05, 4.69) is 41.2 Å². The first kappa shape index (κ1) is 15.5. The molecule has 0 aromatic carbocycles. The molecule has 0 unspecified atom stereocenters. The van der Waals surface area contributed by atoms with Crippen molar-refractivity contribution in [1.29, 1.82) is 0 Å². The van der Waals surface area contributed by atoms with Gasteiger partial charge in [0.1, 0.15) is 11.3 Å². The van der Waals surface area contributed by atoms with Crippen LogP contribution in [0.5, 0.6) is 0 Å². The van der Waals surface area contributed by atoms with Crippen LogP contribution in [-0.4, -0.2) is 25.6 Å². The van der Waals surface area contributed by atoms with Crippen molar-refractivity contribution >= 4 is 23.2 Å². The molecule has 22 heavy (non-hydrogen) atoms. The van der Waals surface area contributed by atoms with Gasteiger partial charge in [-0.3, -0.25) is 0 Å². The maximum atomic E-state index is 6.53. The SMILES string of the molecule is CCc1nc2ncnn2c(NC2CCC(C(C)C)CC2)c1Cl. The molecule has 1 saturated carbocycles. The molecule has 6 heteroatoms. The van der Waals surface area contributed by atoms with E-state index in [4.69, 9.17) is 11.6 Å². The van der Waals surface area contributed by atoms with Crippen LogP contribution in [0.25, 0.3) is 5.78 Å². The normalized spacial score (nSPS) is 22.4. The summed E-state index contributed by atoms with van der Waals surface area (Å²) in [6.45, 7) is 6.70. The Morgan fingerprint density at radius 2 is 2.05 bits per heavy atom. The molecule has 3 rings (SSSR count). The van der Waals surface area contributed by atoms with Gasteiger partial charge in [0.15, 0.2) is 5.82 Å². The van der Waals surface area contributed by atoms with Crippen molar-refractivity contribution in [3.05, 3.63) is 17.0 Å². The molecular weight excluding hydrogens is 298 g/mol. The van der Waals surface area contributed by atoms with Crippen LogP contribution in [0.2, 0.25) is 5.02 Å². The Balaban J connectivity index is 1.82. The molecule has 1 aliphatic rings. The summed E-state index contributed by atoms with van der Waals surface area (Å²) in [7, 11) is 0. The molecule has 120 valence electrons. The minimum atomic E-state index is 0.451. The lowest BCUT2D eigenvalue weighted by Gasteiger charge is -2.32. The summed E-state index contributed by atoms with van der Waals surface area (Å²) in [6, 6.07) is 0.451. The highest BCUT2D eigenvalue weighted by Gasteiger charge is 2.25. The van der Waals surface area contributed by atoms with Gasteiger partial charge in [-0.15, -0.1) is 0 Å². The molecule has 2 aromatic rings. The van der Waals surface area contributed by atoms with Crippen molar-refractivity contribution in [3.63, 3.8) is 0 Å². The fourth-order valence-corrected chi connectivity index (χ4v) is 3.66. The van der Waals surface area contributed by atoms with Crippen LogP contribution in [0.15, 0.2) is 6.33 Å². The Bertz CT molecular complexity index is 643. The molecule has 5 nitrogen and oxygen atoms in total. The topological polar surface area (TPSA) is 55.1 Å². The van der Waals surface area contributed by atoms with E-state index in [0.717, 1.165) is 29.8 Å². The monoisotopic (exact) mass is 321 g/mol. The predicted molar refractivity (Wildman–Crippen MR) is 89.4 cm³/mol. The van der Waals surface area contributed by atoms with E-state index in [9.17, 15) is 0 Å². The molecule has 0 aliphatic heterocycles. The van der Waals surface area contributed by atoms with Crippen molar-refractivity contribution in [3.8, 4) is 0 Å². The van der Waals surface area contributed by atoms with Crippen LogP contribution in [-0.2, 0) is 6.42 Å². The number of nitrogens with one attached hydrogen (secondary N) is 1. The molecule has 0 radical (unpaired) electrons. The van der Waals surface area contributed by atoms with Crippen LogP contribution >= 0.6 is 11.6 Å². The Morgan fingerprint density at radius 1 is 1.32 bits per heavy atom. The zero-order valence-corrected chi connectivity index (χ0v) is 14.3. The number of aryl methyl sites for hydroxylation is 1. The minimum Gasteiger partial charge on any atom is -0.366 e. The van der Waals surface area contributed by atoms with Gasteiger partial charge >= 0.3 is 0 Å². The summed E-state index contributed by atoms with van der Waals surface area (Å²) >= 11 is 6.53. The average Bonchev–Trinajstić information content (AvgIpc) is 2.98. The molecule has 0 bridgehead atoms. The summed E-state index contributed by atoms with van der Waals surface area (Å²) < 4.78 is 1.72. The molecule has 0 saturated heterocycles. The zero-order chi connectivity index (χ0) is 15.7. The largest absolute Gasteiger partial charge is 0.366 e. The Labute approximate surface area is 136 Å². The van der Waals surface area contributed by atoms with Gasteiger partial charge in [0.25, 0.3) is 5.78 Å². The van der Waals surface area contributed by atoms with E-state index in [1.807, 2.05) is 0 Å². The minimum absolute atomic E-state index is 0.451. The van der Waals surface area contributed by atoms with Gasteiger partial charge in [-0.1, -0.05) is 32.4 Å². The number of halogens is 1. The van der Waals surface area contributed by atoms with E-state index in [1.165, 1.54) is 32.0 Å². The highest BCUT2D eigenvalue weighted by molar-refractivity contribution is 6.33. The third-order valence-electron chi connectivity index (χ3n) is 4.83. The summed E-state index contributed by atoms with van der Waals surface area (Å²) in [5.74, 6) is 3.08. The van der Waals surface area contributed by atoms with Crippen LogP contribution < -0.4 is 5.32 Å². The molecule has 1 aliphatic carbocycles. The average molecular weight is 322 g/mol.